The van der Waals surface area contributed by atoms with Gasteiger partial charge in [-0.2, -0.15) is 0 Å². The summed E-state index contributed by atoms with van der Waals surface area (Å²) < 4.78 is 33.6. The number of fused-ring (bicyclic) bond motifs is 1. The summed E-state index contributed by atoms with van der Waals surface area (Å²) in [7, 11) is 0. The molecule has 5 rings (SSSR count). The number of hydrogen-bond acceptors (Lipinski definition) is 18. The molecule has 0 aromatic carbocycles. The number of aliphatic carboxylic acids is 1. The van der Waals surface area contributed by atoms with Crippen LogP contribution in [0.4, 0.5) is 0 Å². The summed E-state index contributed by atoms with van der Waals surface area (Å²) in [6.07, 6.45) is -24.2. The predicted octanol–water partition coefficient (Wildman–Crippen LogP) is -6.30. The van der Waals surface area contributed by atoms with Crippen LogP contribution < -0.4 is 0 Å². The van der Waals surface area contributed by atoms with Gasteiger partial charge in [0.1, 0.15) is 61.5 Å². The van der Waals surface area contributed by atoms with E-state index in [1.807, 2.05) is 0 Å². The van der Waals surface area contributed by atoms with E-state index in [0.29, 0.717) is 6.42 Å². The summed E-state index contributed by atoms with van der Waals surface area (Å²) in [6.45, 7) is -1.40. The van der Waals surface area contributed by atoms with Gasteiger partial charge in [0, 0.05) is 18.8 Å². The minimum absolute atomic E-state index is 0.0366. The molecule has 294 valence electrons. The Morgan fingerprint density at radius 1 is 0.725 bits per heavy atom. The van der Waals surface area contributed by atoms with E-state index in [1.165, 1.54) is 0 Å². The number of rotatable bonds is 11. The topological polar surface area (TPSA) is 336 Å². The number of ether oxygens (including phenoxy) is 6. The van der Waals surface area contributed by atoms with E-state index in [1.54, 1.807) is 0 Å². The number of aliphatic hydroxyl groups is 13. The number of carbonyl (C=O) groups excluding carboxylic acids is 1. The summed E-state index contributed by atoms with van der Waals surface area (Å²) in [5, 5.41) is 123. The van der Waals surface area contributed by atoms with Crippen LogP contribution in [0, 0.1) is 11.8 Å². The molecule has 2 saturated carbocycles. The van der Waals surface area contributed by atoms with Crippen LogP contribution in [-0.2, 0) is 33.3 Å². The van der Waals surface area contributed by atoms with Gasteiger partial charge in [0.05, 0.1) is 43.4 Å². The molecule has 2 aliphatic carbocycles. The highest BCUT2D eigenvalue weighted by molar-refractivity contribution is 5.80. The van der Waals surface area contributed by atoms with E-state index < -0.39 is 148 Å². The third-order valence-electron chi connectivity index (χ3n) is 10.7. The molecule has 3 aliphatic heterocycles. The van der Waals surface area contributed by atoms with Crippen molar-refractivity contribution in [3.63, 3.8) is 0 Å². The number of esters is 1. The lowest BCUT2D eigenvalue weighted by Crippen LogP contribution is -2.64. The second-order valence-corrected chi connectivity index (χ2v) is 14.2. The lowest BCUT2D eigenvalue weighted by Gasteiger charge is -2.50. The van der Waals surface area contributed by atoms with E-state index in [9.17, 15) is 65.8 Å². The summed E-state index contributed by atoms with van der Waals surface area (Å²) >= 11 is 0. The Morgan fingerprint density at radius 2 is 1.33 bits per heavy atom. The Bertz CT molecular complexity index is 1160. The van der Waals surface area contributed by atoms with Crippen molar-refractivity contribution < 1.29 is 99.3 Å². The monoisotopic (exact) mass is 743 g/mol. The van der Waals surface area contributed by atoms with Gasteiger partial charge in [0.2, 0.25) is 0 Å². The van der Waals surface area contributed by atoms with Gasteiger partial charge in [-0.15, -0.1) is 0 Å². The van der Waals surface area contributed by atoms with Crippen molar-refractivity contribution >= 4 is 11.9 Å². The summed E-state index contributed by atoms with van der Waals surface area (Å²) in [5.41, 5.74) is 0. The van der Waals surface area contributed by atoms with Crippen LogP contribution in [0.1, 0.15) is 44.9 Å². The van der Waals surface area contributed by atoms with E-state index in [0.717, 1.165) is 0 Å². The van der Waals surface area contributed by atoms with Gasteiger partial charge in [-0.25, -0.2) is 4.79 Å². The number of carboxylic acids is 1. The van der Waals surface area contributed by atoms with Gasteiger partial charge >= 0.3 is 11.9 Å². The van der Waals surface area contributed by atoms with E-state index in [-0.39, 0.29) is 38.0 Å². The van der Waals surface area contributed by atoms with Crippen LogP contribution in [0.25, 0.3) is 0 Å². The second kappa shape index (κ2) is 17.2. The van der Waals surface area contributed by atoms with Crippen molar-refractivity contribution in [1.29, 1.82) is 0 Å². The van der Waals surface area contributed by atoms with Crippen LogP contribution in [0.3, 0.4) is 0 Å². The standard InChI is InChI=1S/C31H50O20/c32-8-19-22(38)24(40)26(42)30(50-19)48-17-5-11(33)4-16-12(17)6-18(28(47-16)10-1-2-13(34)14(35)3-10)49-31-27(43)25(41)23(39)20(51-31)9-46-21(37)7-15(36)29(44)45/h10-20,22-28,30-36,38-43H,1-9H2,(H,44,45)/p+1. The first-order chi connectivity index (χ1) is 24.1. The zero-order valence-electron chi connectivity index (χ0n) is 27.6. The Balaban J connectivity index is 1.35. The average molecular weight is 744 g/mol. The van der Waals surface area contributed by atoms with E-state index >= 15 is 0 Å². The normalized spacial score (nSPS) is 48.3. The minimum Gasteiger partial charge on any atom is -0.479 e. The van der Waals surface area contributed by atoms with Gasteiger partial charge in [0.15, 0.2) is 30.9 Å². The second-order valence-electron chi connectivity index (χ2n) is 14.2. The van der Waals surface area contributed by atoms with Crippen molar-refractivity contribution in [3.05, 3.63) is 0 Å². The van der Waals surface area contributed by atoms with Gasteiger partial charge in [-0.3, -0.25) is 4.79 Å². The molecule has 0 aromatic rings. The highest BCUT2D eigenvalue weighted by Gasteiger charge is 2.56. The maximum atomic E-state index is 12.1. The third kappa shape index (κ3) is 9.16. The molecule has 20 unspecified atom stereocenters. The smallest absolute Gasteiger partial charge is 0.333 e. The molecule has 0 radical (unpaired) electrons. The number of aliphatic hydroxyl groups excluding tert-OH is 11. The van der Waals surface area contributed by atoms with Crippen molar-refractivity contribution in [2.75, 3.05) is 13.2 Å². The largest absolute Gasteiger partial charge is 0.479 e. The highest BCUT2D eigenvalue weighted by atomic mass is 16.7. The van der Waals surface area contributed by atoms with Crippen LogP contribution in [0.15, 0.2) is 0 Å². The van der Waals surface area contributed by atoms with Crippen LogP contribution in [0.5, 0.6) is 0 Å². The van der Waals surface area contributed by atoms with Gasteiger partial charge in [0.25, 0.3) is 0 Å². The van der Waals surface area contributed by atoms with Crippen molar-refractivity contribution in [3.8, 4) is 0 Å². The molecule has 5 fully saturated rings. The molecule has 0 aromatic heterocycles. The fraction of sp³-hybridized carbons (Fsp3) is 0.935. The summed E-state index contributed by atoms with van der Waals surface area (Å²) in [6, 6.07) is 0. The fourth-order valence-electron chi connectivity index (χ4n) is 7.81. The van der Waals surface area contributed by atoms with E-state index in [4.69, 9.17) is 33.5 Å². The fourth-order valence-corrected chi connectivity index (χ4v) is 7.81. The average Bonchev–Trinajstić information content (AvgIpc) is 3.09. The molecule has 20 atom stereocenters. The molecule has 5 aliphatic rings. The van der Waals surface area contributed by atoms with E-state index in [2.05, 4.69) is 0 Å². The molecule has 20 heteroatoms. The Labute approximate surface area is 291 Å². The molecule has 0 spiro atoms. The zero-order chi connectivity index (χ0) is 37.3. The first-order valence-corrected chi connectivity index (χ1v) is 17.2. The zero-order valence-corrected chi connectivity index (χ0v) is 27.6. The summed E-state index contributed by atoms with van der Waals surface area (Å²) in [5.74, 6) is -3.70. The first-order valence-electron chi connectivity index (χ1n) is 17.2. The maximum Gasteiger partial charge on any atom is 0.333 e. The molecule has 3 heterocycles. The van der Waals surface area contributed by atoms with Crippen LogP contribution in [-0.4, -0.2) is 201 Å². The lowest BCUT2D eigenvalue weighted by molar-refractivity contribution is -0.367. The Morgan fingerprint density at radius 3 is 1.94 bits per heavy atom. The number of hydrogen-bond donors (Lipinski definition) is 12. The maximum absolute atomic E-state index is 12.1. The molecular formula is C31H51O20+. The SMILES string of the molecule is O=C(CC(O)C(=O)O)OCC1OC(OC2CC3C(OC4OC(CO)C(O)C(O)C4O)CC(O)CC3[OH+]C2C2CCC(O)C(O)C2)C(O)C(O)C1O. The van der Waals surface area contributed by atoms with Crippen molar-refractivity contribution in [1.82, 2.24) is 0 Å². The molecule has 3 saturated heterocycles. The van der Waals surface area contributed by atoms with Gasteiger partial charge in [-0.05, 0) is 25.7 Å². The quantitative estimate of drug-likeness (QED) is 0.0691. The Kier molecular flexibility index (Phi) is 13.6. The summed E-state index contributed by atoms with van der Waals surface area (Å²) in [4.78, 5) is 22.9. The Hall–Kier alpha value is -1.70. The third-order valence-corrected chi connectivity index (χ3v) is 10.7. The molecule has 51 heavy (non-hydrogen) atoms. The van der Waals surface area contributed by atoms with Gasteiger partial charge < -0.3 is 89.7 Å². The van der Waals surface area contributed by atoms with Crippen LogP contribution >= 0.6 is 0 Å². The van der Waals surface area contributed by atoms with Crippen LogP contribution in [0.2, 0.25) is 0 Å². The van der Waals surface area contributed by atoms with Gasteiger partial charge in [-0.1, -0.05) is 0 Å². The van der Waals surface area contributed by atoms with Crippen molar-refractivity contribution in [2.45, 2.75) is 155 Å². The predicted molar refractivity (Wildman–Crippen MR) is 162 cm³/mol. The molecule has 13 N–H and O–H groups in total. The molecule has 0 bridgehead atoms. The molecule has 0 amide bonds. The number of carboxylic acid groups (broad SMARTS) is 1. The molecule has 20 nitrogen and oxygen atoms in total. The highest BCUT2D eigenvalue weighted by Crippen LogP contribution is 2.43. The minimum atomic E-state index is -2.04. The van der Waals surface area contributed by atoms with Crippen molar-refractivity contribution in [2.24, 2.45) is 11.8 Å². The lowest BCUT2D eigenvalue weighted by atomic mass is 9.72. The molecular weight excluding hydrogens is 692 g/mol. The number of carbonyl (C=O) groups is 2. The first kappa shape index (κ1) is 40.5.